The number of carbonyl (C=O) groups excluding carboxylic acids is 1. The van der Waals surface area contributed by atoms with E-state index in [1.165, 1.54) is 0 Å². The van der Waals surface area contributed by atoms with E-state index in [0.29, 0.717) is 17.6 Å². The standard InChI is InChI=1S/C13H18BrN3O/c1-8-7-17(9(2)6-16-8)11-5-3-4-10(14)12(11)13(15)18/h3-5,8-9,16H,6-7H2,1-2H3,(H2,15,18). The van der Waals surface area contributed by atoms with Crippen LogP contribution in [0.4, 0.5) is 5.69 Å². The molecule has 1 fully saturated rings. The molecule has 4 nitrogen and oxygen atoms in total. The quantitative estimate of drug-likeness (QED) is 0.874. The minimum atomic E-state index is -0.393. The summed E-state index contributed by atoms with van der Waals surface area (Å²) in [6, 6.07) is 6.49. The smallest absolute Gasteiger partial charge is 0.251 e. The Balaban J connectivity index is 2.43. The fourth-order valence-electron chi connectivity index (χ4n) is 2.35. The minimum absolute atomic E-state index is 0.341. The summed E-state index contributed by atoms with van der Waals surface area (Å²) in [4.78, 5) is 13.9. The Kier molecular flexibility index (Phi) is 3.92. The topological polar surface area (TPSA) is 58.4 Å². The number of nitrogens with one attached hydrogen (secondary N) is 1. The maximum absolute atomic E-state index is 11.6. The van der Waals surface area contributed by atoms with Crippen molar-refractivity contribution in [1.29, 1.82) is 0 Å². The lowest BCUT2D eigenvalue weighted by molar-refractivity contribution is 0.1000. The van der Waals surface area contributed by atoms with Gasteiger partial charge in [0.2, 0.25) is 0 Å². The number of rotatable bonds is 2. The van der Waals surface area contributed by atoms with Crippen LogP contribution in [0.15, 0.2) is 22.7 Å². The van der Waals surface area contributed by atoms with Crippen molar-refractivity contribution < 1.29 is 4.79 Å². The highest BCUT2D eigenvalue weighted by molar-refractivity contribution is 9.10. The molecule has 1 heterocycles. The van der Waals surface area contributed by atoms with Gasteiger partial charge in [-0.1, -0.05) is 6.07 Å². The minimum Gasteiger partial charge on any atom is -0.365 e. The zero-order valence-electron chi connectivity index (χ0n) is 10.6. The Hall–Kier alpha value is -1.07. The summed E-state index contributed by atoms with van der Waals surface area (Å²) >= 11 is 3.41. The highest BCUT2D eigenvalue weighted by atomic mass is 79.9. The third kappa shape index (κ3) is 2.52. The molecule has 3 N–H and O–H groups in total. The molecule has 1 saturated heterocycles. The number of benzene rings is 1. The summed E-state index contributed by atoms with van der Waals surface area (Å²) in [6.07, 6.45) is 0. The zero-order chi connectivity index (χ0) is 13.3. The fraction of sp³-hybridized carbons (Fsp3) is 0.462. The second kappa shape index (κ2) is 5.28. The van der Waals surface area contributed by atoms with Gasteiger partial charge in [-0.15, -0.1) is 0 Å². The number of piperazine rings is 1. The van der Waals surface area contributed by atoms with Gasteiger partial charge >= 0.3 is 0 Å². The van der Waals surface area contributed by atoms with Crippen molar-refractivity contribution in [3.8, 4) is 0 Å². The largest absolute Gasteiger partial charge is 0.365 e. The molecule has 1 aliphatic heterocycles. The van der Waals surface area contributed by atoms with Gasteiger partial charge in [0.25, 0.3) is 5.91 Å². The molecule has 0 bridgehead atoms. The first-order valence-electron chi connectivity index (χ1n) is 6.09. The molecule has 18 heavy (non-hydrogen) atoms. The molecule has 1 aromatic rings. The first kappa shape index (κ1) is 13.4. The van der Waals surface area contributed by atoms with Gasteiger partial charge in [0.15, 0.2) is 0 Å². The van der Waals surface area contributed by atoms with Gasteiger partial charge < -0.3 is 16.0 Å². The van der Waals surface area contributed by atoms with Crippen LogP contribution >= 0.6 is 15.9 Å². The van der Waals surface area contributed by atoms with Crippen LogP contribution in [-0.2, 0) is 0 Å². The Bertz CT molecular complexity index is 464. The van der Waals surface area contributed by atoms with E-state index in [1.807, 2.05) is 18.2 Å². The molecule has 2 atom stereocenters. The van der Waals surface area contributed by atoms with Gasteiger partial charge in [0.1, 0.15) is 0 Å². The van der Waals surface area contributed by atoms with Gasteiger partial charge in [0.05, 0.1) is 11.3 Å². The molecule has 1 amide bonds. The number of hydrogen-bond acceptors (Lipinski definition) is 3. The summed E-state index contributed by atoms with van der Waals surface area (Å²) in [5, 5.41) is 3.43. The summed E-state index contributed by atoms with van der Waals surface area (Å²) in [6.45, 7) is 6.06. The molecule has 2 unspecified atom stereocenters. The molecule has 2 rings (SSSR count). The normalized spacial score (nSPS) is 24.1. The van der Waals surface area contributed by atoms with Crippen molar-refractivity contribution in [2.45, 2.75) is 25.9 Å². The average Bonchev–Trinajstić information content (AvgIpc) is 2.31. The van der Waals surface area contributed by atoms with Gasteiger partial charge in [-0.05, 0) is 41.9 Å². The monoisotopic (exact) mass is 311 g/mol. The number of hydrogen-bond donors (Lipinski definition) is 2. The summed E-state index contributed by atoms with van der Waals surface area (Å²) in [5.74, 6) is -0.393. The van der Waals surface area contributed by atoms with Crippen LogP contribution in [0, 0.1) is 0 Å². The third-order valence-corrected chi connectivity index (χ3v) is 3.97. The Morgan fingerprint density at radius 2 is 2.22 bits per heavy atom. The van der Waals surface area contributed by atoms with E-state index in [2.05, 4.69) is 40.0 Å². The molecular formula is C13H18BrN3O. The van der Waals surface area contributed by atoms with E-state index in [9.17, 15) is 4.79 Å². The molecule has 0 saturated carbocycles. The van der Waals surface area contributed by atoms with E-state index < -0.39 is 5.91 Å². The molecular weight excluding hydrogens is 294 g/mol. The fourth-order valence-corrected chi connectivity index (χ4v) is 2.90. The van der Waals surface area contributed by atoms with Gasteiger partial charge in [-0.2, -0.15) is 0 Å². The second-order valence-corrected chi connectivity index (χ2v) is 5.66. The van der Waals surface area contributed by atoms with Gasteiger partial charge in [-0.3, -0.25) is 4.79 Å². The number of carbonyl (C=O) groups is 1. The van der Waals surface area contributed by atoms with E-state index in [0.717, 1.165) is 23.2 Å². The Labute approximate surface area is 116 Å². The maximum atomic E-state index is 11.6. The van der Waals surface area contributed by atoms with Crippen LogP contribution in [0.5, 0.6) is 0 Å². The third-order valence-electron chi connectivity index (χ3n) is 3.31. The molecule has 0 spiro atoms. The van der Waals surface area contributed by atoms with E-state index >= 15 is 0 Å². The van der Waals surface area contributed by atoms with Crippen molar-refractivity contribution in [1.82, 2.24) is 5.32 Å². The first-order chi connectivity index (χ1) is 8.50. The van der Waals surface area contributed by atoms with Crippen molar-refractivity contribution in [3.63, 3.8) is 0 Å². The number of amides is 1. The Morgan fingerprint density at radius 1 is 1.50 bits per heavy atom. The van der Waals surface area contributed by atoms with Crippen LogP contribution in [0.1, 0.15) is 24.2 Å². The lowest BCUT2D eigenvalue weighted by Crippen LogP contribution is -2.54. The van der Waals surface area contributed by atoms with Crippen LogP contribution in [0.3, 0.4) is 0 Å². The zero-order valence-corrected chi connectivity index (χ0v) is 12.2. The number of nitrogens with two attached hydrogens (primary N) is 1. The number of halogens is 1. The van der Waals surface area contributed by atoms with Gasteiger partial charge in [0, 0.05) is 29.6 Å². The number of nitrogens with zero attached hydrogens (tertiary/aromatic N) is 1. The highest BCUT2D eigenvalue weighted by Gasteiger charge is 2.26. The first-order valence-corrected chi connectivity index (χ1v) is 6.88. The number of primary amides is 1. The maximum Gasteiger partial charge on any atom is 0.251 e. The Morgan fingerprint density at radius 3 is 2.89 bits per heavy atom. The van der Waals surface area contributed by atoms with E-state index in [-0.39, 0.29) is 0 Å². The SMILES string of the molecule is CC1CN(c2cccc(Br)c2C(N)=O)C(C)CN1. The predicted molar refractivity (Wildman–Crippen MR) is 76.9 cm³/mol. The van der Waals surface area contributed by atoms with Crippen molar-refractivity contribution in [2.24, 2.45) is 5.73 Å². The van der Waals surface area contributed by atoms with Crippen LogP contribution in [0.2, 0.25) is 0 Å². The number of anilines is 1. The molecule has 0 aliphatic carbocycles. The summed E-state index contributed by atoms with van der Waals surface area (Å²) in [7, 11) is 0. The lowest BCUT2D eigenvalue weighted by atomic mass is 10.1. The second-order valence-electron chi connectivity index (χ2n) is 4.81. The molecule has 0 radical (unpaired) electrons. The van der Waals surface area contributed by atoms with Crippen molar-refractivity contribution in [3.05, 3.63) is 28.2 Å². The van der Waals surface area contributed by atoms with Crippen LogP contribution < -0.4 is 16.0 Å². The van der Waals surface area contributed by atoms with E-state index in [4.69, 9.17) is 5.73 Å². The molecule has 0 aromatic heterocycles. The summed E-state index contributed by atoms with van der Waals surface area (Å²) in [5.41, 5.74) is 6.97. The molecule has 1 aliphatic rings. The van der Waals surface area contributed by atoms with Crippen molar-refractivity contribution in [2.75, 3.05) is 18.0 Å². The van der Waals surface area contributed by atoms with Gasteiger partial charge in [-0.25, -0.2) is 0 Å². The summed E-state index contributed by atoms with van der Waals surface area (Å²) < 4.78 is 0.755. The lowest BCUT2D eigenvalue weighted by Gasteiger charge is -2.40. The molecule has 5 heteroatoms. The van der Waals surface area contributed by atoms with E-state index in [1.54, 1.807) is 0 Å². The van der Waals surface area contributed by atoms with Crippen LogP contribution in [-0.4, -0.2) is 31.1 Å². The highest BCUT2D eigenvalue weighted by Crippen LogP contribution is 2.29. The molecule has 1 aromatic carbocycles. The predicted octanol–water partition coefficient (Wildman–Crippen LogP) is 1.73. The van der Waals surface area contributed by atoms with Crippen LogP contribution in [0.25, 0.3) is 0 Å². The average molecular weight is 312 g/mol. The molecule has 98 valence electrons. The van der Waals surface area contributed by atoms with Crippen molar-refractivity contribution >= 4 is 27.5 Å².